The third-order valence-electron chi connectivity index (χ3n) is 3.06. The third-order valence-corrected chi connectivity index (χ3v) is 3.06. The molecule has 0 bridgehead atoms. The van der Waals surface area contributed by atoms with Gasteiger partial charge in [0, 0.05) is 12.3 Å². The molecule has 6 heteroatoms. The quantitative estimate of drug-likeness (QED) is 0.798. The highest BCUT2D eigenvalue weighted by molar-refractivity contribution is 6.08. The zero-order valence-corrected chi connectivity index (χ0v) is 13.2. The van der Waals surface area contributed by atoms with E-state index in [0.29, 0.717) is 29.3 Å². The first-order chi connectivity index (χ1) is 11.7. The highest BCUT2D eigenvalue weighted by Crippen LogP contribution is 2.16. The Hall–Kier alpha value is -3.33. The number of carbonyl (C=O) groups excluding carboxylic acids is 2. The summed E-state index contributed by atoms with van der Waals surface area (Å²) >= 11 is 0. The first kappa shape index (κ1) is 17.0. The number of ether oxygens (including phenoxy) is 1. The minimum absolute atomic E-state index is 0.115. The van der Waals surface area contributed by atoms with Crippen molar-refractivity contribution >= 4 is 17.5 Å². The molecule has 0 saturated carbocycles. The van der Waals surface area contributed by atoms with Crippen molar-refractivity contribution < 1.29 is 14.3 Å². The number of carbonyl (C=O) groups is 2. The Labute approximate surface area is 140 Å². The predicted octanol–water partition coefficient (Wildman–Crippen LogP) is 2.10. The Bertz CT molecular complexity index is 764. The Morgan fingerprint density at radius 2 is 2.00 bits per heavy atom. The average Bonchev–Trinajstić information content (AvgIpc) is 2.61. The molecule has 0 spiro atoms. The SMILES string of the molecule is C#CCNC(=O)c1ccccc1NC(=O)c1ccc(OCC)nc1. The van der Waals surface area contributed by atoms with Gasteiger partial charge in [0.2, 0.25) is 5.88 Å². The summed E-state index contributed by atoms with van der Waals surface area (Å²) in [5.74, 6) is 2.05. The summed E-state index contributed by atoms with van der Waals surface area (Å²) in [6.45, 7) is 2.47. The molecule has 2 amide bonds. The lowest BCUT2D eigenvalue weighted by molar-refractivity contribution is 0.0959. The standard InChI is InChI=1S/C18H17N3O3/c1-3-11-19-18(23)14-7-5-6-8-15(14)21-17(22)13-9-10-16(20-12-13)24-4-2/h1,5-10,12H,4,11H2,2H3,(H,19,23)(H,21,22). The van der Waals surface area contributed by atoms with Gasteiger partial charge in [0.25, 0.3) is 11.8 Å². The van der Waals surface area contributed by atoms with Crippen molar-refractivity contribution in [3.63, 3.8) is 0 Å². The van der Waals surface area contributed by atoms with Gasteiger partial charge >= 0.3 is 0 Å². The molecule has 0 unspecified atom stereocenters. The number of rotatable bonds is 6. The summed E-state index contributed by atoms with van der Waals surface area (Å²) in [5, 5.41) is 5.27. The fourth-order valence-corrected chi connectivity index (χ4v) is 1.96. The number of aromatic nitrogens is 1. The summed E-state index contributed by atoms with van der Waals surface area (Å²) < 4.78 is 5.24. The van der Waals surface area contributed by atoms with E-state index >= 15 is 0 Å². The van der Waals surface area contributed by atoms with Crippen LogP contribution in [0.5, 0.6) is 5.88 Å². The van der Waals surface area contributed by atoms with E-state index in [-0.39, 0.29) is 18.4 Å². The molecule has 0 aliphatic heterocycles. The largest absolute Gasteiger partial charge is 0.478 e. The van der Waals surface area contributed by atoms with Gasteiger partial charge in [-0.3, -0.25) is 9.59 Å². The minimum Gasteiger partial charge on any atom is -0.478 e. The van der Waals surface area contributed by atoms with E-state index < -0.39 is 0 Å². The molecule has 2 rings (SSSR count). The molecule has 0 aliphatic rings. The number of terminal acetylenes is 1. The van der Waals surface area contributed by atoms with Crippen molar-refractivity contribution in [2.24, 2.45) is 0 Å². The highest BCUT2D eigenvalue weighted by Gasteiger charge is 2.14. The maximum Gasteiger partial charge on any atom is 0.257 e. The maximum absolute atomic E-state index is 12.3. The second kappa shape index (κ2) is 8.34. The van der Waals surface area contributed by atoms with Crippen LogP contribution in [0.15, 0.2) is 42.6 Å². The Morgan fingerprint density at radius 3 is 2.67 bits per heavy atom. The molecule has 122 valence electrons. The smallest absolute Gasteiger partial charge is 0.257 e. The van der Waals surface area contributed by atoms with Gasteiger partial charge in [0.15, 0.2) is 0 Å². The number of nitrogens with zero attached hydrogens (tertiary/aromatic N) is 1. The van der Waals surface area contributed by atoms with E-state index in [1.165, 1.54) is 6.20 Å². The van der Waals surface area contributed by atoms with Gasteiger partial charge in [-0.15, -0.1) is 6.42 Å². The van der Waals surface area contributed by atoms with Crippen molar-refractivity contribution in [3.8, 4) is 18.2 Å². The van der Waals surface area contributed by atoms with Crippen LogP contribution in [0.25, 0.3) is 0 Å². The fourth-order valence-electron chi connectivity index (χ4n) is 1.96. The number of hydrogen-bond donors (Lipinski definition) is 2. The number of pyridine rings is 1. The minimum atomic E-state index is -0.372. The molecule has 0 atom stereocenters. The van der Waals surface area contributed by atoms with Gasteiger partial charge in [-0.05, 0) is 25.1 Å². The molecule has 6 nitrogen and oxygen atoms in total. The molecule has 1 aromatic carbocycles. The molecule has 0 aliphatic carbocycles. The van der Waals surface area contributed by atoms with Crippen molar-refractivity contribution in [3.05, 3.63) is 53.7 Å². The van der Waals surface area contributed by atoms with Crippen molar-refractivity contribution in [1.82, 2.24) is 10.3 Å². The van der Waals surface area contributed by atoms with Gasteiger partial charge in [-0.2, -0.15) is 0 Å². The summed E-state index contributed by atoms with van der Waals surface area (Å²) in [6.07, 6.45) is 6.55. The predicted molar refractivity (Wildman–Crippen MR) is 91.0 cm³/mol. The second-order valence-corrected chi connectivity index (χ2v) is 4.70. The van der Waals surface area contributed by atoms with Gasteiger partial charge in [0.05, 0.1) is 30.0 Å². The van der Waals surface area contributed by atoms with E-state index in [2.05, 4.69) is 21.5 Å². The summed E-state index contributed by atoms with van der Waals surface area (Å²) in [5.41, 5.74) is 1.09. The van der Waals surface area contributed by atoms with Crippen LogP contribution in [0, 0.1) is 12.3 Å². The number of amides is 2. The van der Waals surface area contributed by atoms with Gasteiger partial charge < -0.3 is 15.4 Å². The third kappa shape index (κ3) is 4.34. The molecular formula is C18H17N3O3. The zero-order chi connectivity index (χ0) is 17.4. The topological polar surface area (TPSA) is 80.3 Å². The van der Waals surface area contributed by atoms with E-state index in [9.17, 15) is 9.59 Å². The van der Waals surface area contributed by atoms with Crippen molar-refractivity contribution in [1.29, 1.82) is 0 Å². The normalized spacial score (nSPS) is 9.67. The molecule has 2 N–H and O–H groups in total. The highest BCUT2D eigenvalue weighted by atomic mass is 16.5. The van der Waals surface area contributed by atoms with Crippen LogP contribution in [0.3, 0.4) is 0 Å². The average molecular weight is 323 g/mol. The van der Waals surface area contributed by atoms with E-state index in [0.717, 1.165) is 0 Å². The molecule has 0 fully saturated rings. The zero-order valence-electron chi connectivity index (χ0n) is 13.2. The van der Waals surface area contributed by atoms with Gasteiger partial charge in [-0.25, -0.2) is 4.98 Å². The molecule has 1 aromatic heterocycles. The second-order valence-electron chi connectivity index (χ2n) is 4.70. The molecule has 0 saturated heterocycles. The lowest BCUT2D eigenvalue weighted by atomic mass is 10.1. The Morgan fingerprint density at radius 1 is 1.21 bits per heavy atom. The van der Waals surface area contributed by atoms with Crippen LogP contribution >= 0.6 is 0 Å². The van der Waals surface area contributed by atoms with Crippen LogP contribution in [0.2, 0.25) is 0 Å². The number of nitrogens with one attached hydrogen (secondary N) is 2. The van der Waals surface area contributed by atoms with Gasteiger partial charge in [-0.1, -0.05) is 18.1 Å². The summed E-state index contributed by atoms with van der Waals surface area (Å²) in [6, 6.07) is 9.91. The summed E-state index contributed by atoms with van der Waals surface area (Å²) in [7, 11) is 0. The molecule has 0 radical (unpaired) electrons. The molecule has 24 heavy (non-hydrogen) atoms. The lowest BCUT2D eigenvalue weighted by Gasteiger charge is -2.10. The van der Waals surface area contributed by atoms with Crippen molar-refractivity contribution in [2.75, 3.05) is 18.5 Å². The number of hydrogen-bond acceptors (Lipinski definition) is 4. The molecule has 1 heterocycles. The number of benzene rings is 1. The molecular weight excluding hydrogens is 306 g/mol. The van der Waals surface area contributed by atoms with Crippen LogP contribution in [-0.4, -0.2) is 29.9 Å². The van der Waals surface area contributed by atoms with Gasteiger partial charge in [0.1, 0.15) is 0 Å². The monoisotopic (exact) mass is 323 g/mol. The fraction of sp³-hybridized carbons (Fsp3) is 0.167. The lowest BCUT2D eigenvalue weighted by Crippen LogP contribution is -2.25. The van der Waals surface area contributed by atoms with Crippen molar-refractivity contribution in [2.45, 2.75) is 6.92 Å². The maximum atomic E-state index is 12.3. The molecule has 2 aromatic rings. The van der Waals surface area contributed by atoms with Crippen LogP contribution < -0.4 is 15.4 Å². The van der Waals surface area contributed by atoms with E-state index in [1.807, 2.05) is 6.92 Å². The Kier molecular flexibility index (Phi) is 5.92. The Balaban J connectivity index is 2.14. The number of para-hydroxylation sites is 1. The van der Waals surface area contributed by atoms with Crippen LogP contribution in [0.1, 0.15) is 27.6 Å². The van der Waals surface area contributed by atoms with Crippen LogP contribution in [0.4, 0.5) is 5.69 Å². The van der Waals surface area contributed by atoms with E-state index in [1.54, 1.807) is 36.4 Å². The summed E-state index contributed by atoms with van der Waals surface area (Å²) in [4.78, 5) is 28.4. The number of anilines is 1. The van der Waals surface area contributed by atoms with Crippen LogP contribution in [-0.2, 0) is 0 Å². The van der Waals surface area contributed by atoms with E-state index in [4.69, 9.17) is 11.2 Å². The first-order valence-corrected chi connectivity index (χ1v) is 7.36. The first-order valence-electron chi connectivity index (χ1n) is 7.36.